The van der Waals surface area contributed by atoms with Gasteiger partial charge in [0.15, 0.2) is 0 Å². The predicted octanol–water partition coefficient (Wildman–Crippen LogP) is 3.88. The van der Waals surface area contributed by atoms with Gasteiger partial charge in [-0.3, -0.25) is 0 Å². The number of anilines is 1. The highest BCUT2D eigenvalue weighted by molar-refractivity contribution is 9.10. The van der Waals surface area contributed by atoms with Crippen molar-refractivity contribution in [1.29, 1.82) is 0 Å². The number of nitrogens with two attached hydrogens (primary N) is 1. The van der Waals surface area contributed by atoms with Crippen LogP contribution in [0.2, 0.25) is 0 Å². The summed E-state index contributed by atoms with van der Waals surface area (Å²) in [5.41, 5.74) is 8.65. The van der Waals surface area contributed by atoms with Gasteiger partial charge >= 0.3 is 0 Å². The fourth-order valence-corrected chi connectivity index (χ4v) is 2.80. The molecule has 110 valence electrons. The summed E-state index contributed by atoms with van der Waals surface area (Å²) in [5, 5.41) is 3.30. The van der Waals surface area contributed by atoms with Gasteiger partial charge in [-0.2, -0.15) is 0 Å². The van der Waals surface area contributed by atoms with Crippen molar-refractivity contribution in [2.45, 2.75) is 6.92 Å². The molecule has 0 atom stereocenters. The van der Waals surface area contributed by atoms with E-state index in [9.17, 15) is 0 Å². The Kier molecular flexibility index (Phi) is 5.59. The smallest absolute Gasteiger partial charge is 0.119 e. The van der Waals surface area contributed by atoms with E-state index in [1.807, 2.05) is 49.4 Å². The number of halogens is 1. The second-order valence-electron chi connectivity index (χ2n) is 4.65. The van der Waals surface area contributed by atoms with Crippen LogP contribution >= 0.6 is 28.1 Å². The molecule has 0 spiro atoms. The van der Waals surface area contributed by atoms with Crippen molar-refractivity contribution in [3.05, 3.63) is 58.1 Å². The van der Waals surface area contributed by atoms with Crippen LogP contribution < -0.4 is 15.8 Å². The van der Waals surface area contributed by atoms with Crippen LogP contribution in [-0.2, 0) is 0 Å². The van der Waals surface area contributed by atoms with Crippen LogP contribution in [0.15, 0.2) is 46.9 Å². The van der Waals surface area contributed by atoms with Crippen LogP contribution in [0.4, 0.5) is 5.69 Å². The first-order chi connectivity index (χ1) is 10.1. The summed E-state index contributed by atoms with van der Waals surface area (Å²) in [7, 11) is 0. The largest absolute Gasteiger partial charge is 0.492 e. The number of nitrogens with one attached hydrogen (secondary N) is 1. The van der Waals surface area contributed by atoms with Crippen molar-refractivity contribution in [3.63, 3.8) is 0 Å². The lowest BCUT2D eigenvalue weighted by Crippen LogP contribution is -2.13. The SMILES string of the molecule is Cc1cccc(OCCNc2ccc(C(N)=S)c(Br)c2)c1. The van der Waals surface area contributed by atoms with Crippen molar-refractivity contribution in [1.82, 2.24) is 0 Å². The van der Waals surface area contributed by atoms with Crippen molar-refractivity contribution < 1.29 is 4.74 Å². The molecule has 2 aromatic rings. The van der Waals surface area contributed by atoms with Crippen molar-refractivity contribution in [2.75, 3.05) is 18.5 Å². The van der Waals surface area contributed by atoms with Crippen molar-refractivity contribution >= 4 is 38.8 Å². The Balaban J connectivity index is 1.84. The number of rotatable bonds is 6. The first kappa shape index (κ1) is 15.8. The Bertz CT molecular complexity index is 646. The van der Waals surface area contributed by atoms with E-state index >= 15 is 0 Å². The van der Waals surface area contributed by atoms with Crippen LogP contribution in [0.3, 0.4) is 0 Å². The van der Waals surface area contributed by atoms with E-state index < -0.39 is 0 Å². The van der Waals surface area contributed by atoms with E-state index in [1.54, 1.807) is 0 Å². The van der Waals surface area contributed by atoms with E-state index in [1.165, 1.54) is 5.56 Å². The standard InChI is InChI=1S/C16H17BrN2OS/c1-11-3-2-4-13(9-11)20-8-7-19-12-5-6-14(16(18)21)15(17)10-12/h2-6,9-10,19H,7-8H2,1H3,(H2,18,21). The summed E-state index contributed by atoms with van der Waals surface area (Å²) in [6, 6.07) is 13.8. The van der Waals surface area contributed by atoms with Crippen LogP contribution in [0, 0.1) is 6.92 Å². The molecule has 0 aliphatic heterocycles. The molecule has 0 radical (unpaired) electrons. The molecule has 21 heavy (non-hydrogen) atoms. The molecule has 0 bridgehead atoms. The van der Waals surface area contributed by atoms with E-state index in [0.717, 1.165) is 21.5 Å². The van der Waals surface area contributed by atoms with Gasteiger partial charge in [0.05, 0.1) is 0 Å². The number of hydrogen-bond acceptors (Lipinski definition) is 3. The van der Waals surface area contributed by atoms with E-state index in [-0.39, 0.29) is 0 Å². The highest BCUT2D eigenvalue weighted by Crippen LogP contribution is 2.21. The molecule has 3 nitrogen and oxygen atoms in total. The molecule has 0 fully saturated rings. The molecule has 5 heteroatoms. The highest BCUT2D eigenvalue weighted by atomic mass is 79.9. The Morgan fingerprint density at radius 3 is 2.76 bits per heavy atom. The number of thiocarbonyl (C=S) groups is 1. The summed E-state index contributed by atoms with van der Waals surface area (Å²) in [6.07, 6.45) is 0. The third kappa shape index (κ3) is 4.72. The Labute approximate surface area is 138 Å². The number of aryl methyl sites for hydroxylation is 1. The highest BCUT2D eigenvalue weighted by Gasteiger charge is 2.03. The van der Waals surface area contributed by atoms with E-state index in [4.69, 9.17) is 22.7 Å². The number of ether oxygens (including phenoxy) is 1. The summed E-state index contributed by atoms with van der Waals surface area (Å²) < 4.78 is 6.57. The molecule has 0 unspecified atom stereocenters. The average Bonchev–Trinajstić information content (AvgIpc) is 2.43. The normalized spacial score (nSPS) is 10.2. The summed E-state index contributed by atoms with van der Waals surface area (Å²) in [5.74, 6) is 0.891. The molecule has 0 amide bonds. The van der Waals surface area contributed by atoms with Crippen LogP contribution in [0.5, 0.6) is 5.75 Å². The molecule has 0 aliphatic rings. The lowest BCUT2D eigenvalue weighted by atomic mass is 10.2. The van der Waals surface area contributed by atoms with Gasteiger partial charge in [0.25, 0.3) is 0 Å². The van der Waals surface area contributed by atoms with E-state index in [0.29, 0.717) is 18.1 Å². The predicted molar refractivity (Wildman–Crippen MR) is 95.2 cm³/mol. The zero-order chi connectivity index (χ0) is 15.2. The average molecular weight is 365 g/mol. The third-order valence-corrected chi connectivity index (χ3v) is 3.80. The van der Waals surface area contributed by atoms with Gasteiger partial charge in [0, 0.05) is 22.3 Å². The first-order valence-corrected chi connectivity index (χ1v) is 7.79. The van der Waals surface area contributed by atoms with Gasteiger partial charge in [-0.1, -0.05) is 24.4 Å². The quantitative estimate of drug-likeness (QED) is 0.603. The summed E-state index contributed by atoms with van der Waals surface area (Å²) in [4.78, 5) is 0.385. The molecule has 0 saturated carbocycles. The molecule has 0 aromatic heterocycles. The maximum atomic E-state index is 5.69. The minimum absolute atomic E-state index is 0.385. The summed E-state index contributed by atoms with van der Waals surface area (Å²) in [6.45, 7) is 3.36. The third-order valence-electron chi connectivity index (χ3n) is 2.92. The zero-order valence-corrected chi connectivity index (χ0v) is 14.1. The van der Waals surface area contributed by atoms with Crippen LogP contribution in [0.1, 0.15) is 11.1 Å². The Morgan fingerprint density at radius 2 is 2.10 bits per heavy atom. The maximum absolute atomic E-state index is 5.69. The molecule has 2 rings (SSSR count). The van der Waals surface area contributed by atoms with Gasteiger partial charge in [-0.25, -0.2) is 0 Å². The van der Waals surface area contributed by atoms with Gasteiger partial charge in [-0.15, -0.1) is 0 Å². The van der Waals surface area contributed by atoms with Gasteiger partial charge in [0.2, 0.25) is 0 Å². The fourth-order valence-electron chi connectivity index (χ4n) is 1.89. The number of hydrogen-bond donors (Lipinski definition) is 2. The number of benzene rings is 2. The molecular weight excluding hydrogens is 348 g/mol. The molecule has 2 aromatic carbocycles. The van der Waals surface area contributed by atoms with Crippen LogP contribution in [0.25, 0.3) is 0 Å². The van der Waals surface area contributed by atoms with Crippen molar-refractivity contribution in [2.24, 2.45) is 5.73 Å². The van der Waals surface area contributed by atoms with Crippen molar-refractivity contribution in [3.8, 4) is 5.75 Å². The second-order valence-corrected chi connectivity index (χ2v) is 5.94. The van der Waals surface area contributed by atoms with Crippen LogP contribution in [-0.4, -0.2) is 18.1 Å². The topological polar surface area (TPSA) is 47.3 Å². The monoisotopic (exact) mass is 364 g/mol. The molecule has 0 aliphatic carbocycles. The zero-order valence-electron chi connectivity index (χ0n) is 11.7. The lowest BCUT2D eigenvalue weighted by molar-refractivity contribution is 0.332. The minimum atomic E-state index is 0.385. The molecule has 0 saturated heterocycles. The lowest BCUT2D eigenvalue weighted by Gasteiger charge is -2.10. The minimum Gasteiger partial charge on any atom is -0.492 e. The molecule has 0 heterocycles. The van der Waals surface area contributed by atoms with Gasteiger partial charge < -0.3 is 15.8 Å². The Hall–Kier alpha value is -1.59. The maximum Gasteiger partial charge on any atom is 0.119 e. The van der Waals surface area contributed by atoms with Gasteiger partial charge in [0.1, 0.15) is 17.3 Å². The molecular formula is C16H17BrN2OS. The first-order valence-electron chi connectivity index (χ1n) is 6.59. The fraction of sp³-hybridized carbons (Fsp3) is 0.188. The Morgan fingerprint density at radius 1 is 1.29 bits per heavy atom. The van der Waals surface area contributed by atoms with E-state index in [2.05, 4.69) is 21.2 Å². The second kappa shape index (κ2) is 7.43. The van der Waals surface area contributed by atoms with Gasteiger partial charge in [-0.05, 0) is 58.7 Å². The molecule has 3 N–H and O–H groups in total. The summed E-state index contributed by atoms with van der Waals surface area (Å²) >= 11 is 8.43.